The number of rotatable bonds is 5. The molecule has 1 aliphatic rings. The van der Waals surface area contributed by atoms with E-state index in [0.29, 0.717) is 32.4 Å². The van der Waals surface area contributed by atoms with Crippen LogP contribution in [0.3, 0.4) is 0 Å². The Morgan fingerprint density at radius 2 is 1.73 bits per heavy atom. The van der Waals surface area contributed by atoms with Crippen LogP contribution in [-0.4, -0.2) is 30.6 Å². The summed E-state index contributed by atoms with van der Waals surface area (Å²) < 4.78 is 0. The molecule has 1 heterocycles. The molecule has 0 radical (unpaired) electrons. The summed E-state index contributed by atoms with van der Waals surface area (Å²) in [6, 6.07) is 20.4. The quantitative estimate of drug-likeness (QED) is 0.786. The highest BCUT2D eigenvalue weighted by molar-refractivity contribution is 5.83. The van der Waals surface area contributed by atoms with Gasteiger partial charge in [-0.05, 0) is 23.5 Å². The molecule has 2 aromatic rings. The molecule has 1 amide bonds. The maximum absolute atomic E-state index is 12.6. The molecule has 0 bridgehead atoms. The zero-order chi connectivity index (χ0) is 21.8. The first-order valence-electron chi connectivity index (χ1n) is 10.6. The van der Waals surface area contributed by atoms with Crippen molar-refractivity contribution in [3.05, 3.63) is 54.6 Å². The van der Waals surface area contributed by atoms with Crippen molar-refractivity contribution in [2.24, 2.45) is 11.1 Å². The fraction of sp³-hybridized carbons (Fsp3) is 0.440. The van der Waals surface area contributed by atoms with Gasteiger partial charge in [0.2, 0.25) is 5.91 Å². The number of nitrogens with zero attached hydrogens (tertiary/aromatic N) is 2. The molecule has 3 rings (SSSR count). The van der Waals surface area contributed by atoms with E-state index >= 15 is 0 Å². The fourth-order valence-corrected chi connectivity index (χ4v) is 4.09. The number of hydrogen-bond acceptors (Lipinski definition) is 4. The largest absolute Gasteiger partial charge is 0.371 e. The summed E-state index contributed by atoms with van der Waals surface area (Å²) in [5, 5.41) is 12.8. The summed E-state index contributed by atoms with van der Waals surface area (Å²) in [7, 11) is 0. The molecule has 1 atom stereocenters. The summed E-state index contributed by atoms with van der Waals surface area (Å²) in [6.45, 7) is 7.58. The number of para-hydroxylation sites is 1. The normalized spacial score (nSPS) is 17.1. The van der Waals surface area contributed by atoms with Crippen molar-refractivity contribution in [1.29, 1.82) is 5.26 Å². The van der Waals surface area contributed by atoms with E-state index in [9.17, 15) is 10.1 Å². The second kappa shape index (κ2) is 8.89. The number of anilines is 1. The maximum atomic E-state index is 12.6. The van der Waals surface area contributed by atoms with Gasteiger partial charge in [-0.15, -0.1) is 0 Å². The Morgan fingerprint density at radius 1 is 1.13 bits per heavy atom. The summed E-state index contributed by atoms with van der Waals surface area (Å²) in [6.07, 6.45) is 1.72. The van der Waals surface area contributed by atoms with Crippen LogP contribution in [0.5, 0.6) is 0 Å². The average Bonchev–Trinajstić information content (AvgIpc) is 2.73. The number of nitrogens with two attached hydrogens (primary N) is 1. The first kappa shape index (κ1) is 21.9. The van der Waals surface area contributed by atoms with Gasteiger partial charge in [0.25, 0.3) is 0 Å². The molecule has 0 aromatic heterocycles. The highest BCUT2D eigenvalue weighted by atomic mass is 16.2. The Morgan fingerprint density at radius 3 is 2.33 bits per heavy atom. The van der Waals surface area contributed by atoms with Gasteiger partial charge in [0, 0.05) is 37.2 Å². The standard InChI is InChI=1S/C25H32N4O/c1-24(2,3)17-21(27)23(30)28-25(18-26)13-15-29(16-14-25)22-12-8-7-11-20(22)19-9-5-4-6-10-19/h4-12,21H,13-17,27H2,1-3H3,(H,28,30). The Bertz CT molecular complexity index is 903. The molecule has 3 N–H and O–H groups in total. The number of benzene rings is 2. The minimum Gasteiger partial charge on any atom is -0.371 e. The van der Waals surface area contributed by atoms with Crippen molar-refractivity contribution >= 4 is 11.6 Å². The zero-order valence-electron chi connectivity index (χ0n) is 18.2. The Labute approximate surface area is 179 Å². The first-order valence-corrected chi connectivity index (χ1v) is 10.6. The molecular formula is C25H32N4O. The lowest BCUT2D eigenvalue weighted by atomic mass is 9.85. The van der Waals surface area contributed by atoms with E-state index in [-0.39, 0.29) is 11.3 Å². The van der Waals surface area contributed by atoms with E-state index < -0.39 is 11.6 Å². The highest BCUT2D eigenvalue weighted by Gasteiger charge is 2.38. The summed E-state index contributed by atoms with van der Waals surface area (Å²) in [5.41, 5.74) is 8.72. The molecule has 1 aliphatic heterocycles. The predicted octanol–water partition coefficient (Wildman–Crippen LogP) is 4.10. The van der Waals surface area contributed by atoms with E-state index in [1.807, 2.05) is 30.3 Å². The summed E-state index contributed by atoms with van der Waals surface area (Å²) in [4.78, 5) is 14.9. The zero-order valence-corrected chi connectivity index (χ0v) is 18.2. The van der Waals surface area contributed by atoms with Crippen LogP contribution in [-0.2, 0) is 4.79 Å². The molecular weight excluding hydrogens is 372 g/mol. The van der Waals surface area contributed by atoms with Crippen molar-refractivity contribution in [1.82, 2.24) is 5.32 Å². The lowest BCUT2D eigenvalue weighted by molar-refractivity contribution is -0.124. The minimum absolute atomic E-state index is 0.0406. The van der Waals surface area contributed by atoms with E-state index in [1.54, 1.807) is 0 Å². The molecule has 1 unspecified atom stereocenters. The van der Waals surface area contributed by atoms with Gasteiger partial charge in [-0.3, -0.25) is 4.79 Å². The van der Waals surface area contributed by atoms with Gasteiger partial charge in [-0.2, -0.15) is 5.26 Å². The smallest absolute Gasteiger partial charge is 0.238 e. The SMILES string of the molecule is CC(C)(C)CC(N)C(=O)NC1(C#N)CCN(c2ccccc2-c2ccccc2)CC1. The van der Waals surface area contributed by atoms with Gasteiger partial charge >= 0.3 is 0 Å². The van der Waals surface area contributed by atoms with Crippen LogP contribution in [0.4, 0.5) is 5.69 Å². The predicted molar refractivity (Wildman–Crippen MR) is 122 cm³/mol. The number of carbonyl (C=O) groups excluding carboxylic acids is 1. The molecule has 1 fully saturated rings. The number of amides is 1. The average molecular weight is 405 g/mol. The Kier molecular flexibility index (Phi) is 6.48. The van der Waals surface area contributed by atoms with Gasteiger partial charge in [0.1, 0.15) is 5.54 Å². The monoisotopic (exact) mass is 404 g/mol. The molecule has 0 saturated carbocycles. The number of piperidine rings is 1. The summed E-state index contributed by atoms with van der Waals surface area (Å²) >= 11 is 0. The molecule has 30 heavy (non-hydrogen) atoms. The second-order valence-corrected chi connectivity index (χ2v) is 9.42. The second-order valence-electron chi connectivity index (χ2n) is 9.42. The molecule has 1 saturated heterocycles. The van der Waals surface area contributed by atoms with E-state index in [4.69, 9.17) is 5.73 Å². The van der Waals surface area contributed by atoms with Gasteiger partial charge in [-0.1, -0.05) is 69.3 Å². The third-order valence-corrected chi connectivity index (χ3v) is 5.69. The Hall–Kier alpha value is -2.84. The lowest BCUT2D eigenvalue weighted by Crippen LogP contribution is -2.58. The number of nitriles is 1. The molecule has 5 nitrogen and oxygen atoms in total. The molecule has 158 valence electrons. The molecule has 0 aliphatic carbocycles. The highest BCUT2D eigenvalue weighted by Crippen LogP contribution is 2.34. The minimum atomic E-state index is -0.856. The van der Waals surface area contributed by atoms with Crippen LogP contribution in [0, 0.1) is 16.7 Å². The number of carbonyl (C=O) groups is 1. The van der Waals surface area contributed by atoms with Gasteiger partial charge in [-0.25, -0.2) is 0 Å². The first-order chi connectivity index (χ1) is 14.2. The molecule has 5 heteroatoms. The van der Waals surface area contributed by atoms with Crippen molar-refractivity contribution in [3.8, 4) is 17.2 Å². The van der Waals surface area contributed by atoms with E-state index in [2.05, 4.69) is 61.3 Å². The lowest BCUT2D eigenvalue weighted by Gasteiger charge is -2.40. The van der Waals surface area contributed by atoms with Gasteiger partial charge in [0.15, 0.2) is 0 Å². The number of hydrogen-bond donors (Lipinski definition) is 2. The van der Waals surface area contributed by atoms with Crippen molar-refractivity contribution < 1.29 is 4.79 Å². The van der Waals surface area contributed by atoms with Gasteiger partial charge in [0.05, 0.1) is 12.1 Å². The van der Waals surface area contributed by atoms with Crippen molar-refractivity contribution in [3.63, 3.8) is 0 Å². The number of nitrogens with one attached hydrogen (secondary N) is 1. The van der Waals surface area contributed by atoms with Crippen LogP contribution < -0.4 is 16.0 Å². The topological polar surface area (TPSA) is 82.1 Å². The van der Waals surface area contributed by atoms with Crippen LogP contribution in [0.1, 0.15) is 40.0 Å². The van der Waals surface area contributed by atoms with E-state index in [1.165, 1.54) is 11.1 Å². The maximum Gasteiger partial charge on any atom is 0.238 e. The van der Waals surface area contributed by atoms with Crippen molar-refractivity contribution in [2.45, 2.75) is 51.6 Å². The Balaban J connectivity index is 1.71. The van der Waals surface area contributed by atoms with Crippen LogP contribution >= 0.6 is 0 Å². The van der Waals surface area contributed by atoms with Crippen LogP contribution in [0.15, 0.2) is 54.6 Å². The molecule has 2 aromatic carbocycles. The van der Waals surface area contributed by atoms with Crippen LogP contribution in [0.25, 0.3) is 11.1 Å². The van der Waals surface area contributed by atoms with E-state index in [0.717, 1.165) is 5.69 Å². The van der Waals surface area contributed by atoms with Gasteiger partial charge < -0.3 is 16.0 Å². The third-order valence-electron chi connectivity index (χ3n) is 5.69. The third kappa shape index (κ3) is 5.20. The fourth-order valence-electron chi connectivity index (χ4n) is 4.09. The van der Waals surface area contributed by atoms with Crippen LogP contribution in [0.2, 0.25) is 0 Å². The summed E-state index contributed by atoms with van der Waals surface area (Å²) in [5.74, 6) is -0.232. The molecule has 0 spiro atoms. The van der Waals surface area contributed by atoms with Crippen molar-refractivity contribution in [2.75, 3.05) is 18.0 Å².